The Morgan fingerprint density at radius 1 is 0.971 bits per heavy atom. The predicted octanol–water partition coefficient (Wildman–Crippen LogP) is 5.09. The maximum Gasteiger partial charge on any atom is 0.407 e. The summed E-state index contributed by atoms with van der Waals surface area (Å²) in [5.74, 6) is -1.25. The van der Waals surface area contributed by atoms with Crippen LogP contribution in [0.2, 0.25) is 0 Å². The van der Waals surface area contributed by atoms with Gasteiger partial charge in [-0.25, -0.2) is 4.79 Å². The van der Waals surface area contributed by atoms with Gasteiger partial charge in [-0.05, 0) is 62.8 Å². The molecule has 2 amide bonds. The molecule has 0 aliphatic heterocycles. The largest absolute Gasteiger partial charge is 0.481 e. The number of fused-ring (bicyclic) bond motifs is 3. The monoisotopic (exact) mass is 480 g/mol. The number of aliphatic carboxylic acids is 1. The van der Waals surface area contributed by atoms with Gasteiger partial charge in [0, 0.05) is 23.9 Å². The van der Waals surface area contributed by atoms with Crippen LogP contribution in [-0.2, 0) is 14.3 Å². The normalized spacial score (nSPS) is 14.0. The van der Waals surface area contributed by atoms with E-state index in [1.807, 2.05) is 31.2 Å². The molecule has 1 aliphatic rings. The molecule has 1 unspecified atom stereocenters. The van der Waals surface area contributed by atoms with Crippen molar-refractivity contribution in [1.82, 2.24) is 10.6 Å². The molecule has 0 radical (unpaired) electrons. The van der Waals surface area contributed by atoms with E-state index in [1.165, 1.54) is 11.1 Å². The van der Waals surface area contributed by atoms with Gasteiger partial charge in [-0.3, -0.25) is 9.59 Å². The highest BCUT2D eigenvalue weighted by molar-refractivity contribution is 5.81. The number of carbonyl (C=O) groups is 3. The Morgan fingerprint density at radius 2 is 1.51 bits per heavy atom. The molecule has 0 aromatic heterocycles. The van der Waals surface area contributed by atoms with E-state index in [2.05, 4.69) is 34.9 Å². The first-order chi connectivity index (χ1) is 16.5. The zero-order chi connectivity index (χ0) is 25.8. The SMILES string of the molecule is CCC(CCC(=O)NC(C)(C)C(C)(C)C(=O)O)NC(=O)OCC1c2ccccc2-c2ccccc21. The lowest BCUT2D eigenvalue weighted by Gasteiger charge is -2.38. The van der Waals surface area contributed by atoms with Gasteiger partial charge in [-0.1, -0.05) is 55.5 Å². The Labute approximate surface area is 207 Å². The molecule has 0 saturated heterocycles. The summed E-state index contributed by atoms with van der Waals surface area (Å²) in [6.45, 7) is 8.74. The Bertz CT molecular complexity index is 1050. The summed E-state index contributed by atoms with van der Waals surface area (Å²) in [7, 11) is 0. The van der Waals surface area contributed by atoms with Crippen LogP contribution < -0.4 is 10.6 Å². The van der Waals surface area contributed by atoms with E-state index in [9.17, 15) is 19.5 Å². The van der Waals surface area contributed by atoms with Gasteiger partial charge in [0.2, 0.25) is 5.91 Å². The molecular formula is C28H36N2O5. The molecule has 1 atom stereocenters. The smallest absolute Gasteiger partial charge is 0.407 e. The van der Waals surface area contributed by atoms with Crippen LogP contribution in [0, 0.1) is 5.41 Å². The van der Waals surface area contributed by atoms with Gasteiger partial charge in [-0.2, -0.15) is 0 Å². The summed E-state index contributed by atoms with van der Waals surface area (Å²) in [4.78, 5) is 36.7. The zero-order valence-corrected chi connectivity index (χ0v) is 21.2. The molecule has 0 heterocycles. The third-order valence-corrected chi connectivity index (χ3v) is 7.43. The van der Waals surface area contributed by atoms with E-state index in [0.717, 1.165) is 11.1 Å². The van der Waals surface area contributed by atoms with Crippen molar-refractivity contribution in [2.45, 2.75) is 71.4 Å². The number of hydrogen-bond donors (Lipinski definition) is 3. The summed E-state index contributed by atoms with van der Waals surface area (Å²) in [6.07, 6.45) is 0.727. The molecule has 0 spiro atoms. The van der Waals surface area contributed by atoms with E-state index in [-0.39, 0.29) is 30.9 Å². The molecule has 188 valence electrons. The third kappa shape index (κ3) is 5.66. The van der Waals surface area contributed by atoms with Gasteiger partial charge >= 0.3 is 12.1 Å². The van der Waals surface area contributed by atoms with Crippen molar-refractivity contribution in [1.29, 1.82) is 0 Å². The summed E-state index contributed by atoms with van der Waals surface area (Å²) >= 11 is 0. The van der Waals surface area contributed by atoms with Crippen LogP contribution in [0.5, 0.6) is 0 Å². The number of carboxylic acids is 1. The van der Waals surface area contributed by atoms with Crippen LogP contribution in [-0.4, -0.2) is 41.3 Å². The first kappa shape index (κ1) is 26.3. The number of hydrogen-bond acceptors (Lipinski definition) is 4. The number of benzene rings is 2. The maximum absolute atomic E-state index is 12.6. The van der Waals surface area contributed by atoms with Crippen molar-refractivity contribution in [3.8, 4) is 11.1 Å². The molecule has 0 bridgehead atoms. The van der Waals surface area contributed by atoms with E-state index < -0.39 is 23.0 Å². The third-order valence-electron chi connectivity index (χ3n) is 7.43. The number of ether oxygens (including phenoxy) is 1. The average Bonchev–Trinajstić information content (AvgIpc) is 3.13. The first-order valence-electron chi connectivity index (χ1n) is 12.1. The predicted molar refractivity (Wildman–Crippen MR) is 135 cm³/mol. The van der Waals surface area contributed by atoms with Gasteiger partial charge in [0.25, 0.3) is 0 Å². The molecule has 3 N–H and O–H groups in total. The Balaban J connectivity index is 1.53. The molecular weight excluding hydrogens is 444 g/mol. The molecule has 3 rings (SSSR count). The highest BCUT2D eigenvalue weighted by Gasteiger charge is 2.44. The summed E-state index contributed by atoms with van der Waals surface area (Å²) in [5.41, 5.74) is 2.57. The van der Waals surface area contributed by atoms with Crippen LogP contribution in [0.25, 0.3) is 11.1 Å². The minimum absolute atomic E-state index is 0.0150. The fourth-order valence-corrected chi connectivity index (χ4v) is 4.33. The highest BCUT2D eigenvalue weighted by Crippen LogP contribution is 2.44. The van der Waals surface area contributed by atoms with Gasteiger partial charge in [-0.15, -0.1) is 0 Å². The molecule has 0 saturated carbocycles. The Hall–Kier alpha value is -3.35. The van der Waals surface area contributed by atoms with Crippen LogP contribution in [0.4, 0.5) is 4.79 Å². The van der Waals surface area contributed by atoms with Crippen molar-refractivity contribution in [3.63, 3.8) is 0 Å². The Kier molecular flexibility index (Phi) is 7.88. The quantitative estimate of drug-likeness (QED) is 0.439. The molecule has 2 aromatic rings. The van der Waals surface area contributed by atoms with Gasteiger partial charge < -0.3 is 20.5 Å². The number of carboxylic acid groups (broad SMARTS) is 1. The lowest BCUT2D eigenvalue weighted by atomic mass is 9.74. The van der Waals surface area contributed by atoms with Crippen molar-refractivity contribution < 1.29 is 24.2 Å². The molecule has 1 aliphatic carbocycles. The van der Waals surface area contributed by atoms with Crippen LogP contribution >= 0.6 is 0 Å². The zero-order valence-electron chi connectivity index (χ0n) is 21.2. The number of carbonyl (C=O) groups excluding carboxylic acids is 2. The molecule has 2 aromatic carbocycles. The summed E-state index contributed by atoms with van der Waals surface area (Å²) in [5, 5.41) is 15.2. The summed E-state index contributed by atoms with van der Waals surface area (Å²) in [6, 6.07) is 16.1. The number of alkyl carbamates (subject to hydrolysis) is 1. The van der Waals surface area contributed by atoms with Gasteiger partial charge in [0.1, 0.15) is 6.61 Å². The maximum atomic E-state index is 12.6. The minimum Gasteiger partial charge on any atom is -0.481 e. The van der Waals surface area contributed by atoms with Gasteiger partial charge in [0.05, 0.1) is 5.41 Å². The second-order valence-electron chi connectivity index (χ2n) is 10.2. The lowest BCUT2D eigenvalue weighted by molar-refractivity contribution is -0.151. The van der Waals surface area contributed by atoms with E-state index in [4.69, 9.17) is 4.74 Å². The molecule has 0 fully saturated rings. The summed E-state index contributed by atoms with van der Waals surface area (Å²) < 4.78 is 5.61. The lowest BCUT2D eigenvalue weighted by Crippen LogP contribution is -2.57. The second-order valence-corrected chi connectivity index (χ2v) is 10.2. The fraction of sp³-hybridized carbons (Fsp3) is 0.464. The fourth-order valence-electron chi connectivity index (χ4n) is 4.33. The standard InChI is InChI=1S/C28H36N2O5/c1-6-18(15-16-24(31)30-28(4,5)27(2,3)25(32)33)29-26(34)35-17-23-21-13-9-7-11-19(21)20-12-8-10-14-22(20)23/h7-14,18,23H,6,15-17H2,1-5H3,(H,29,34)(H,30,31)(H,32,33). The molecule has 7 nitrogen and oxygen atoms in total. The van der Waals surface area contributed by atoms with E-state index >= 15 is 0 Å². The van der Waals surface area contributed by atoms with Crippen LogP contribution in [0.1, 0.15) is 70.9 Å². The highest BCUT2D eigenvalue weighted by atomic mass is 16.5. The van der Waals surface area contributed by atoms with E-state index in [1.54, 1.807) is 27.7 Å². The van der Waals surface area contributed by atoms with Crippen molar-refractivity contribution in [2.75, 3.05) is 6.61 Å². The minimum atomic E-state index is -1.13. The topological polar surface area (TPSA) is 105 Å². The van der Waals surface area contributed by atoms with Crippen molar-refractivity contribution >= 4 is 18.0 Å². The molecule has 35 heavy (non-hydrogen) atoms. The number of rotatable bonds is 10. The van der Waals surface area contributed by atoms with E-state index in [0.29, 0.717) is 12.8 Å². The van der Waals surface area contributed by atoms with Crippen molar-refractivity contribution in [2.24, 2.45) is 5.41 Å². The average molecular weight is 481 g/mol. The first-order valence-corrected chi connectivity index (χ1v) is 12.1. The number of amides is 2. The Morgan fingerprint density at radius 3 is 2.03 bits per heavy atom. The number of nitrogens with one attached hydrogen (secondary N) is 2. The molecule has 7 heteroatoms. The second kappa shape index (κ2) is 10.5. The van der Waals surface area contributed by atoms with Gasteiger partial charge in [0.15, 0.2) is 0 Å². The van der Waals surface area contributed by atoms with Crippen LogP contribution in [0.3, 0.4) is 0 Å². The van der Waals surface area contributed by atoms with Crippen molar-refractivity contribution in [3.05, 3.63) is 59.7 Å². The van der Waals surface area contributed by atoms with Crippen LogP contribution in [0.15, 0.2) is 48.5 Å².